The molecular weight excluding hydrogens is 467 g/mol. The van der Waals surface area contributed by atoms with Gasteiger partial charge < -0.3 is 15.4 Å². The minimum absolute atomic E-state index is 0. The van der Waals surface area contributed by atoms with E-state index >= 15 is 0 Å². The number of hydrogen-bond acceptors (Lipinski definition) is 4. The Balaban J connectivity index is 0.00000225. The number of nitrogens with zero attached hydrogens (tertiary/aromatic N) is 4. The third kappa shape index (κ3) is 4.17. The number of rotatable bonds is 5. The van der Waals surface area contributed by atoms with Crippen molar-refractivity contribution in [3.63, 3.8) is 0 Å². The van der Waals surface area contributed by atoms with E-state index in [1.54, 1.807) is 0 Å². The van der Waals surface area contributed by atoms with Gasteiger partial charge in [0.15, 0.2) is 5.96 Å². The molecule has 28 heavy (non-hydrogen) atoms. The number of ether oxygens (including phenoxy) is 1. The highest BCUT2D eigenvalue weighted by Gasteiger charge is 2.57. The van der Waals surface area contributed by atoms with Crippen molar-refractivity contribution in [1.82, 2.24) is 25.4 Å². The molecule has 0 bridgehead atoms. The van der Waals surface area contributed by atoms with Crippen LogP contribution in [0.15, 0.2) is 4.99 Å². The Morgan fingerprint density at radius 1 is 1.29 bits per heavy atom. The average molecular weight is 502 g/mol. The summed E-state index contributed by atoms with van der Waals surface area (Å²) in [6, 6.07) is 0.820. The highest BCUT2D eigenvalue weighted by Crippen LogP contribution is 2.54. The number of fused-ring (bicyclic) bond motifs is 1. The highest BCUT2D eigenvalue weighted by molar-refractivity contribution is 14.0. The normalized spacial score (nSPS) is 28.4. The van der Waals surface area contributed by atoms with Crippen molar-refractivity contribution in [1.29, 1.82) is 0 Å². The molecule has 0 aromatic carbocycles. The molecule has 2 saturated carbocycles. The van der Waals surface area contributed by atoms with Crippen LogP contribution in [0.2, 0.25) is 0 Å². The number of aryl methyl sites for hydroxylation is 2. The molecule has 7 nitrogen and oxygen atoms in total. The van der Waals surface area contributed by atoms with E-state index in [9.17, 15) is 0 Å². The van der Waals surface area contributed by atoms with Gasteiger partial charge in [0.2, 0.25) is 0 Å². The largest absolute Gasteiger partial charge is 0.378 e. The second-order valence-electron chi connectivity index (χ2n) is 8.28. The second-order valence-corrected chi connectivity index (χ2v) is 8.28. The van der Waals surface area contributed by atoms with Gasteiger partial charge in [-0.3, -0.25) is 4.99 Å². The molecule has 0 amide bonds. The summed E-state index contributed by atoms with van der Waals surface area (Å²) >= 11 is 0. The zero-order valence-corrected chi connectivity index (χ0v) is 19.7. The molecule has 3 atom stereocenters. The summed E-state index contributed by atoms with van der Waals surface area (Å²) < 4.78 is 8.11. The molecule has 2 N–H and O–H groups in total. The first-order valence-electron chi connectivity index (χ1n) is 10.7. The lowest BCUT2D eigenvalue weighted by Gasteiger charge is -2.54. The second kappa shape index (κ2) is 9.28. The van der Waals surface area contributed by atoms with Crippen LogP contribution >= 0.6 is 24.0 Å². The first kappa shape index (κ1) is 21.8. The predicted octanol–water partition coefficient (Wildman–Crippen LogP) is 2.81. The molecular formula is C20H35IN6O. The van der Waals surface area contributed by atoms with Crippen molar-refractivity contribution in [2.75, 3.05) is 13.2 Å². The molecule has 4 rings (SSSR count). The van der Waals surface area contributed by atoms with Gasteiger partial charge in [0, 0.05) is 37.1 Å². The van der Waals surface area contributed by atoms with E-state index in [1.807, 2.05) is 11.6 Å². The van der Waals surface area contributed by atoms with E-state index in [0.29, 0.717) is 23.6 Å². The fourth-order valence-electron chi connectivity index (χ4n) is 5.29. The maximum atomic E-state index is 6.06. The standard InChI is InChI=1S/C20H34N6O.HI/c1-4-21-19(23-15-8-9-18-22-14(3)25-26(18)13-15)24-16-12-17(27-5-2)20(16)10-6-7-11-20;/h15-17H,4-13H2,1-3H3,(H2,21,23,24);1H. The Kier molecular flexibility index (Phi) is 7.22. The zero-order valence-electron chi connectivity index (χ0n) is 17.4. The maximum absolute atomic E-state index is 6.06. The van der Waals surface area contributed by atoms with Crippen LogP contribution in [0.4, 0.5) is 0 Å². The van der Waals surface area contributed by atoms with E-state index in [-0.39, 0.29) is 24.0 Å². The fourth-order valence-corrected chi connectivity index (χ4v) is 5.29. The first-order valence-corrected chi connectivity index (χ1v) is 10.7. The van der Waals surface area contributed by atoms with Gasteiger partial charge in [-0.05, 0) is 46.5 Å². The summed E-state index contributed by atoms with van der Waals surface area (Å²) in [5.41, 5.74) is 0.314. The van der Waals surface area contributed by atoms with Crippen LogP contribution in [0.1, 0.15) is 64.0 Å². The molecule has 2 aliphatic carbocycles. The van der Waals surface area contributed by atoms with Crippen molar-refractivity contribution >= 4 is 29.9 Å². The summed E-state index contributed by atoms with van der Waals surface area (Å²) in [5, 5.41) is 12.0. The van der Waals surface area contributed by atoms with Crippen molar-refractivity contribution in [3.05, 3.63) is 11.6 Å². The molecule has 1 spiro atoms. The zero-order chi connectivity index (χ0) is 18.9. The van der Waals surface area contributed by atoms with E-state index in [1.165, 1.54) is 25.7 Å². The fraction of sp³-hybridized carbons (Fsp3) is 0.850. The highest BCUT2D eigenvalue weighted by atomic mass is 127. The van der Waals surface area contributed by atoms with Gasteiger partial charge in [0.25, 0.3) is 0 Å². The van der Waals surface area contributed by atoms with Crippen molar-refractivity contribution in [2.24, 2.45) is 10.4 Å². The van der Waals surface area contributed by atoms with Crippen molar-refractivity contribution < 1.29 is 4.74 Å². The SMILES string of the molecule is CCN=C(NC1CCc2nc(C)nn2C1)NC1CC(OCC)C12CCCC2.I. The van der Waals surface area contributed by atoms with Crippen LogP contribution in [0.3, 0.4) is 0 Å². The summed E-state index contributed by atoms with van der Waals surface area (Å²) in [7, 11) is 0. The molecule has 0 radical (unpaired) electrons. The van der Waals surface area contributed by atoms with Gasteiger partial charge in [-0.15, -0.1) is 24.0 Å². The van der Waals surface area contributed by atoms with Crippen molar-refractivity contribution in [3.8, 4) is 0 Å². The minimum atomic E-state index is 0. The lowest BCUT2D eigenvalue weighted by atomic mass is 9.60. The molecule has 0 saturated heterocycles. The lowest BCUT2D eigenvalue weighted by Crippen LogP contribution is -2.65. The van der Waals surface area contributed by atoms with Crippen LogP contribution in [-0.4, -0.2) is 52.1 Å². The molecule has 1 aromatic rings. The first-order chi connectivity index (χ1) is 13.1. The Hall–Kier alpha value is -0.900. The van der Waals surface area contributed by atoms with Crippen LogP contribution in [0.5, 0.6) is 0 Å². The monoisotopic (exact) mass is 502 g/mol. The van der Waals surface area contributed by atoms with E-state index in [0.717, 1.165) is 56.6 Å². The predicted molar refractivity (Wildman–Crippen MR) is 121 cm³/mol. The van der Waals surface area contributed by atoms with E-state index in [2.05, 4.69) is 34.6 Å². The average Bonchev–Trinajstić information content (AvgIpc) is 3.28. The van der Waals surface area contributed by atoms with Gasteiger partial charge in [-0.25, -0.2) is 9.67 Å². The van der Waals surface area contributed by atoms with Crippen LogP contribution < -0.4 is 10.6 Å². The molecule has 2 heterocycles. The van der Waals surface area contributed by atoms with Crippen molar-refractivity contribution in [2.45, 2.75) is 90.4 Å². The molecule has 3 aliphatic rings. The number of aliphatic imine (C=N–C) groups is 1. The molecule has 2 fully saturated rings. The van der Waals surface area contributed by atoms with Crippen LogP contribution in [0.25, 0.3) is 0 Å². The Morgan fingerprint density at radius 2 is 2.07 bits per heavy atom. The van der Waals surface area contributed by atoms with Crippen LogP contribution in [-0.2, 0) is 17.7 Å². The third-order valence-electron chi connectivity index (χ3n) is 6.62. The molecule has 1 aromatic heterocycles. The van der Waals surface area contributed by atoms with E-state index < -0.39 is 0 Å². The van der Waals surface area contributed by atoms with Gasteiger partial charge in [-0.1, -0.05) is 12.8 Å². The number of halogens is 1. The molecule has 3 unspecified atom stereocenters. The summed E-state index contributed by atoms with van der Waals surface area (Å²) in [6.45, 7) is 8.62. The van der Waals surface area contributed by atoms with Gasteiger partial charge >= 0.3 is 0 Å². The quantitative estimate of drug-likeness (QED) is 0.368. The van der Waals surface area contributed by atoms with Gasteiger partial charge in [-0.2, -0.15) is 5.10 Å². The van der Waals surface area contributed by atoms with Gasteiger partial charge in [0.05, 0.1) is 12.6 Å². The summed E-state index contributed by atoms with van der Waals surface area (Å²) in [4.78, 5) is 9.25. The van der Waals surface area contributed by atoms with E-state index in [4.69, 9.17) is 9.73 Å². The Labute approximate surface area is 185 Å². The number of aromatic nitrogens is 3. The summed E-state index contributed by atoms with van der Waals surface area (Å²) in [6.07, 6.45) is 8.76. The number of nitrogens with one attached hydrogen (secondary N) is 2. The molecule has 158 valence electrons. The smallest absolute Gasteiger partial charge is 0.191 e. The maximum Gasteiger partial charge on any atom is 0.191 e. The number of guanidine groups is 1. The van der Waals surface area contributed by atoms with Gasteiger partial charge in [0.1, 0.15) is 11.6 Å². The molecule has 8 heteroatoms. The lowest BCUT2D eigenvalue weighted by molar-refractivity contribution is -0.125. The Bertz CT molecular complexity index is 684. The topological polar surface area (TPSA) is 76.4 Å². The number of hydrogen-bond donors (Lipinski definition) is 2. The molecule has 1 aliphatic heterocycles. The minimum Gasteiger partial charge on any atom is -0.378 e. The Morgan fingerprint density at radius 3 is 2.79 bits per heavy atom. The third-order valence-corrected chi connectivity index (χ3v) is 6.62. The van der Waals surface area contributed by atoms with Crippen LogP contribution in [0, 0.1) is 12.3 Å². The summed E-state index contributed by atoms with van der Waals surface area (Å²) in [5.74, 6) is 2.93.